The number of nitrogens with two attached hydrogens (primary N) is 1. The fraction of sp³-hybridized carbons (Fsp3) is 0.538. The van der Waals surface area contributed by atoms with Gasteiger partial charge in [-0.1, -0.05) is 0 Å². The van der Waals surface area contributed by atoms with E-state index in [1.54, 1.807) is 18.3 Å². The highest BCUT2D eigenvalue weighted by Gasteiger charge is 2.35. The van der Waals surface area contributed by atoms with Crippen LogP contribution in [-0.4, -0.2) is 36.6 Å². The number of carbonyl (C=O) groups is 1. The van der Waals surface area contributed by atoms with E-state index in [2.05, 4.69) is 15.2 Å². The minimum Gasteiger partial charge on any atom is -0.365 e. The van der Waals surface area contributed by atoms with Crippen LogP contribution in [0, 0.1) is 5.92 Å². The third-order valence-corrected chi connectivity index (χ3v) is 3.95. The molecular weight excluding hydrogens is 228 g/mol. The fourth-order valence-corrected chi connectivity index (χ4v) is 3.06. The van der Waals surface area contributed by atoms with Gasteiger partial charge in [0.2, 0.25) is 0 Å². The largest absolute Gasteiger partial charge is 0.365 e. The SMILES string of the molecule is NC(=O)c1cccnc1N1CC2CCCNC2C1. The quantitative estimate of drug-likeness (QED) is 0.791. The summed E-state index contributed by atoms with van der Waals surface area (Å²) in [5.74, 6) is 1.00. The van der Waals surface area contributed by atoms with Crippen LogP contribution in [-0.2, 0) is 0 Å². The van der Waals surface area contributed by atoms with Gasteiger partial charge in [-0.05, 0) is 37.4 Å². The van der Waals surface area contributed by atoms with Crippen LogP contribution < -0.4 is 16.0 Å². The number of hydrogen-bond donors (Lipinski definition) is 2. The topological polar surface area (TPSA) is 71.2 Å². The van der Waals surface area contributed by atoms with E-state index in [-0.39, 0.29) is 0 Å². The van der Waals surface area contributed by atoms with E-state index in [1.165, 1.54) is 12.8 Å². The molecule has 2 atom stereocenters. The molecule has 3 N–H and O–H groups in total. The summed E-state index contributed by atoms with van der Waals surface area (Å²) in [5.41, 5.74) is 5.93. The van der Waals surface area contributed by atoms with Crippen LogP contribution in [0.1, 0.15) is 23.2 Å². The van der Waals surface area contributed by atoms with E-state index in [4.69, 9.17) is 5.73 Å². The summed E-state index contributed by atoms with van der Waals surface area (Å²) < 4.78 is 0. The molecule has 2 fully saturated rings. The number of rotatable bonds is 2. The number of pyridine rings is 1. The number of primary amides is 1. The van der Waals surface area contributed by atoms with Gasteiger partial charge in [-0.15, -0.1) is 0 Å². The molecule has 3 rings (SSSR count). The van der Waals surface area contributed by atoms with Crippen LogP contribution >= 0.6 is 0 Å². The number of fused-ring (bicyclic) bond motifs is 1. The van der Waals surface area contributed by atoms with Gasteiger partial charge in [-0.25, -0.2) is 4.98 Å². The Kier molecular flexibility index (Phi) is 2.91. The van der Waals surface area contributed by atoms with Gasteiger partial charge in [-0.2, -0.15) is 0 Å². The normalized spacial score (nSPS) is 27.0. The molecule has 2 aliphatic rings. The van der Waals surface area contributed by atoms with Crippen molar-refractivity contribution in [1.82, 2.24) is 10.3 Å². The lowest BCUT2D eigenvalue weighted by molar-refractivity contribution is 0.100. The number of piperidine rings is 1. The highest BCUT2D eigenvalue weighted by Crippen LogP contribution is 2.29. The second-order valence-electron chi connectivity index (χ2n) is 5.11. The van der Waals surface area contributed by atoms with E-state index in [0.29, 0.717) is 17.5 Å². The van der Waals surface area contributed by atoms with Crippen LogP contribution in [0.15, 0.2) is 18.3 Å². The summed E-state index contributed by atoms with van der Waals surface area (Å²) in [6.07, 6.45) is 4.21. The van der Waals surface area contributed by atoms with E-state index < -0.39 is 5.91 Å². The highest BCUT2D eigenvalue weighted by molar-refractivity contribution is 5.97. The maximum absolute atomic E-state index is 11.4. The maximum Gasteiger partial charge on any atom is 0.252 e. The van der Waals surface area contributed by atoms with Crippen LogP contribution in [0.5, 0.6) is 0 Å². The lowest BCUT2D eigenvalue weighted by atomic mass is 9.94. The van der Waals surface area contributed by atoms with Gasteiger partial charge in [0.05, 0.1) is 5.56 Å². The first kappa shape index (κ1) is 11.5. The summed E-state index contributed by atoms with van der Waals surface area (Å²) in [5, 5.41) is 3.54. The zero-order valence-electron chi connectivity index (χ0n) is 10.3. The van der Waals surface area contributed by atoms with Crippen molar-refractivity contribution in [3.05, 3.63) is 23.9 Å². The summed E-state index contributed by atoms with van der Waals surface area (Å²) >= 11 is 0. The Labute approximate surface area is 106 Å². The molecule has 2 saturated heterocycles. The van der Waals surface area contributed by atoms with Crippen molar-refractivity contribution in [2.45, 2.75) is 18.9 Å². The Hall–Kier alpha value is -1.62. The average Bonchev–Trinajstić information content (AvgIpc) is 2.82. The predicted octanol–water partition coefficient (Wildman–Crippen LogP) is 0.369. The Bertz CT molecular complexity index is 448. The lowest BCUT2D eigenvalue weighted by Crippen LogP contribution is -2.40. The van der Waals surface area contributed by atoms with Crippen LogP contribution in [0.25, 0.3) is 0 Å². The summed E-state index contributed by atoms with van der Waals surface area (Å²) in [7, 11) is 0. The van der Waals surface area contributed by atoms with Crippen molar-refractivity contribution < 1.29 is 4.79 Å². The molecule has 0 radical (unpaired) electrons. The number of nitrogens with one attached hydrogen (secondary N) is 1. The molecule has 5 nitrogen and oxygen atoms in total. The van der Waals surface area contributed by atoms with Crippen molar-refractivity contribution >= 4 is 11.7 Å². The van der Waals surface area contributed by atoms with Crippen molar-refractivity contribution in [3.8, 4) is 0 Å². The van der Waals surface area contributed by atoms with Crippen molar-refractivity contribution in [3.63, 3.8) is 0 Å². The smallest absolute Gasteiger partial charge is 0.252 e. The molecule has 18 heavy (non-hydrogen) atoms. The minimum atomic E-state index is -0.402. The molecule has 0 saturated carbocycles. The molecule has 5 heteroatoms. The Morgan fingerprint density at radius 1 is 1.50 bits per heavy atom. The number of aromatic nitrogens is 1. The number of amides is 1. The molecule has 1 amide bonds. The highest BCUT2D eigenvalue weighted by atomic mass is 16.1. The molecule has 0 spiro atoms. The third kappa shape index (κ3) is 1.95. The number of carbonyl (C=O) groups excluding carboxylic acids is 1. The fourth-order valence-electron chi connectivity index (χ4n) is 3.06. The Morgan fingerprint density at radius 2 is 2.39 bits per heavy atom. The van der Waals surface area contributed by atoms with Crippen LogP contribution in [0.3, 0.4) is 0 Å². The summed E-state index contributed by atoms with van der Waals surface area (Å²) in [4.78, 5) is 18.0. The molecule has 2 aliphatic heterocycles. The molecule has 2 unspecified atom stereocenters. The van der Waals surface area contributed by atoms with E-state index in [0.717, 1.165) is 25.5 Å². The molecular formula is C13H18N4O. The standard InChI is InChI=1S/C13H18N4O/c14-12(18)10-4-2-6-16-13(10)17-7-9-3-1-5-15-11(9)8-17/h2,4,6,9,11,15H,1,3,5,7-8H2,(H2,14,18). The maximum atomic E-state index is 11.4. The van der Waals surface area contributed by atoms with E-state index in [9.17, 15) is 4.79 Å². The second-order valence-corrected chi connectivity index (χ2v) is 5.11. The number of anilines is 1. The summed E-state index contributed by atoms with van der Waals surface area (Å²) in [6, 6.07) is 4.03. The van der Waals surface area contributed by atoms with E-state index in [1.807, 2.05) is 0 Å². The Morgan fingerprint density at radius 3 is 3.17 bits per heavy atom. The van der Waals surface area contributed by atoms with Crippen molar-refractivity contribution in [2.75, 3.05) is 24.5 Å². The zero-order valence-corrected chi connectivity index (χ0v) is 10.3. The van der Waals surface area contributed by atoms with Crippen LogP contribution in [0.2, 0.25) is 0 Å². The molecule has 1 aromatic heterocycles. The first-order valence-corrected chi connectivity index (χ1v) is 6.49. The molecule has 0 bridgehead atoms. The molecule has 96 valence electrons. The van der Waals surface area contributed by atoms with E-state index >= 15 is 0 Å². The first-order chi connectivity index (χ1) is 8.75. The lowest BCUT2D eigenvalue weighted by Gasteiger charge is -2.24. The van der Waals surface area contributed by atoms with Gasteiger partial charge in [0.15, 0.2) is 0 Å². The predicted molar refractivity (Wildman–Crippen MR) is 69.5 cm³/mol. The molecule has 0 aliphatic carbocycles. The molecule has 1 aromatic rings. The summed E-state index contributed by atoms with van der Waals surface area (Å²) in [6.45, 7) is 2.98. The first-order valence-electron chi connectivity index (χ1n) is 6.49. The second kappa shape index (κ2) is 4.57. The van der Waals surface area contributed by atoms with Gasteiger partial charge in [0.25, 0.3) is 5.91 Å². The monoisotopic (exact) mass is 246 g/mol. The van der Waals surface area contributed by atoms with Gasteiger partial charge in [-0.3, -0.25) is 4.79 Å². The molecule has 3 heterocycles. The minimum absolute atomic E-state index is 0.402. The Balaban J connectivity index is 1.85. The number of hydrogen-bond acceptors (Lipinski definition) is 4. The van der Waals surface area contributed by atoms with Gasteiger partial charge >= 0.3 is 0 Å². The van der Waals surface area contributed by atoms with Gasteiger partial charge < -0.3 is 16.0 Å². The van der Waals surface area contributed by atoms with Crippen LogP contribution in [0.4, 0.5) is 5.82 Å². The average molecular weight is 246 g/mol. The number of nitrogens with zero attached hydrogens (tertiary/aromatic N) is 2. The van der Waals surface area contributed by atoms with Crippen molar-refractivity contribution in [2.24, 2.45) is 11.7 Å². The van der Waals surface area contributed by atoms with Gasteiger partial charge in [0.1, 0.15) is 5.82 Å². The zero-order chi connectivity index (χ0) is 12.5. The molecule has 0 aromatic carbocycles. The van der Waals surface area contributed by atoms with Gasteiger partial charge in [0, 0.05) is 25.3 Å². The third-order valence-electron chi connectivity index (χ3n) is 3.95. The van der Waals surface area contributed by atoms with Crippen molar-refractivity contribution in [1.29, 1.82) is 0 Å².